The first kappa shape index (κ1) is 27.5. The third kappa shape index (κ3) is 5.13. The summed E-state index contributed by atoms with van der Waals surface area (Å²) in [5, 5.41) is 44.0. The molecule has 41 heavy (non-hydrogen) atoms. The van der Waals surface area contributed by atoms with Crippen molar-refractivity contribution < 1.29 is 49.1 Å². The van der Waals surface area contributed by atoms with Gasteiger partial charge in [-0.05, 0) is 79.6 Å². The molecule has 3 aromatic carbocycles. The first-order valence-corrected chi connectivity index (χ1v) is 12.9. The summed E-state index contributed by atoms with van der Waals surface area (Å²) < 4.78 is 10.4. The molecule has 2 saturated carbocycles. The molecule has 0 heterocycles. The molecule has 2 unspecified atom stereocenters. The number of aromatic hydroxyl groups is 4. The Bertz CT molecular complexity index is 1520. The molecule has 212 valence electrons. The fraction of sp³-hybridized carbons (Fsp3) is 0.267. The van der Waals surface area contributed by atoms with Crippen LogP contribution in [0.1, 0.15) is 66.3 Å². The van der Waals surface area contributed by atoms with Gasteiger partial charge in [-0.3, -0.25) is 9.59 Å². The number of phenols is 4. The number of rotatable bonds is 7. The molecule has 11 heteroatoms. The van der Waals surface area contributed by atoms with Gasteiger partial charge in [0.25, 0.3) is 5.91 Å². The highest BCUT2D eigenvalue weighted by Gasteiger charge is 2.50. The summed E-state index contributed by atoms with van der Waals surface area (Å²) in [7, 11) is 1.09. The number of ketones is 1. The van der Waals surface area contributed by atoms with E-state index in [0.717, 1.165) is 44.6 Å². The number of hydrogen-bond donors (Lipinski definition) is 5. The van der Waals surface area contributed by atoms with Crippen LogP contribution in [0, 0.1) is 11.8 Å². The zero-order chi connectivity index (χ0) is 29.4. The molecular formula is C30H27NO10. The quantitative estimate of drug-likeness (QED) is 0.212. The van der Waals surface area contributed by atoms with Gasteiger partial charge >= 0.3 is 11.9 Å². The lowest BCUT2D eigenvalue weighted by molar-refractivity contribution is 0.00498. The van der Waals surface area contributed by atoms with Gasteiger partial charge in [0, 0.05) is 5.56 Å². The van der Waals surface area contributed by atoms with Gasteiger partial charge in [0.2, 0.25) is 5.78 Å². The highest BCUT2D eigenvalue weighted by atomic mass is 16.5. The van der Waals surface area contributed by atoms with Gasteiger partial charge < -0.3 is 35.2 Å². The first-order chi connectivity index (χ1) is 19.6. The largest absolute Gasteiger partial charge is 0.508 e. The Balaban J connectivity index is 1.37. The molecular weight excluding hydrogens is 534 g/mol. The van der Waals surface area contributed by atoms with Gasteiger partial charge in [-0.15, -0.1) is 0 Å². The van der Waals surface area contributed by atoms with Gasteiger partial charge in [0.1, 0.15) is 34.7 Å². The number of nitrogens with one attached hydrogen (secondary N) is 1. The van der Waals surface area contributed by atoms with E-state index >= 15 is 0 Å². The average molecular weight is 562 g/mol. The van der Waals surface area contributed by atoms with Crippen LogP contribution in [-0.2, 0) is 9.47 Å². The Morgan fingerprint density at radius 1 is 0.780 bits per heavy atom. The number of phenolic OH excluding ortho intramolecular Hbond substituents is 4. The number of carbonyl (C=O) groups excluding carboxylic acids is 4. The van der Waals surface area contributed by atoms with Crippen LogP contribution < -0.4 is 5.32 Å². The topological polar surface area (TPSA) is 180 Å². The normalized spacial score (nSPS) is 20.8. The molecule has 2 bridgehead atoms. The van der Waals surface area contributed by atoms with Crippen molar-refractivity contribution >= 4 is 23.6 Å². The van der Waals surface area contributed by atoms with Crippen molar-refractivity contribution in [3.05, 3.63) is 82.4 Å². The van der Waals surface area contributed by atoms with Crippen molar-refractivity contribution in [2.75, 3.05) is 7.11 Å². The van der Waals surface area contributed by atoms with Crippen molar-refractivity contribution in [3.8, 4) is 23.0 Å². The smallest absolute Gasteiger partial charge is 0.338 e. The van der Waals surface area contributed by atoms with Gasteiger partial charge in [0.05, 0.1) is 29.8 Å². The highest BCUT2D eigenvalue weighted by Crippen LogP contribution is 2.46. The standard InChI is InChI=1S/C30H27NO10/c1-40-30(39)19-3-2-4-20(33)23(19)26(36)24-21(34)12-17(13-22(24)35)29(38)41-27-16-6-5-15(11-16)25(27)31-28(37)14-7-9-18(32)10-8-14/h2-4,7-10,12-13,15-16,25,27,32-35H,5-6,11H2,1H3,(H,31,37)/t15?,16?,25-,27-/m1/s1. The third-order valence-electron chi connectivity index (χ3n) is 7.74. The zero-order valence-corrected chi connectivity index (χ0v) is 21.9. The maximum absolute atomic E-state index is 13.2. The van der Waals surface area contributed by atoms with Gasteiger partial charge in [-0.1, -0.05) is 6.07 Å². The number of amides is 1. The lowest BCUT2D eigenvalue weighted by atomic mass is 9.92. The second-order valence-corrected chi connectivity index (χ2v) is 10.2. The number of carbonyl (C=O) groups is 4. The molecule has 1 amide bonds. The maximum Gasteiger partial charge on any atom is 0.338 e. The summed E-state index contributed by atoms with van der Waals surface area (Å²) in [5.41, 5.74) is -1.31. The van der Waals surface area contributed by atoms with Crippen LogP contribution in [0.3, 0.4) is 0 Å². The Kier molecular flexibility index (Phi) is 7.27. The molecule has 2 aliphatic rings. The molecule has 11 nitrogen and oxygen atoms in total. The van der Waals surface area contributed by atoms with Crippen LogP contribution in [0.2, 0.25) is 0 Å². The molecule has 4 atom stereocenters. The Hall–Kier alpha value is -5.06. The van der Waals surface area contributed by atoms with Gasteiger partial charge in [0.15, 0.2) is 0 Å². The van der Waals surface area contributed by atoms with Crippen molar-refractivity contribution in [2.24, 2.45) is 11.8 Å². The molecule has 3 aromatic rings. The van der Waals surface area contributed by atoms with Crippen molar-refractivity contribution in [3.63, 3.8) is 0 Å². The fourth-order valence-corrected chi connectivity index (χ4v) is 5.79. The maximum atomic E-state index is 13.2. The third-order valence-corrected chi connectivity index (χ3v) is 7.74. The number of fused-ring (bicyclic) bond motifs is 2. The number of esters is 2. The van der Waals surface area contributed by atoms with E-state index in [9.17, 15) is 39.6 Å². The SMILES string of the molecule is COC(=O)c1cccc(O)c1C(=O)c1c(O)cc(C(=O)O[C@@H]2C3CCC(C3)[C@H]2NC(=O)c2ccc(O)cc2)cc1O. The predicted molar refractivity (Wildman–Crippen MR) is 142 cm³/mol. The van der Waals surface area contributed by atoms with E-state index in [1.165, 1.54) is 36.4 Å². The summed E-state index contributed by atoms with van der Waals surface area (Å²) >= 11 is 0. The second-order valence-electron chi connectivity index (χ2n) is 10.2. The van der Waals surface area contributed by atoms with Crippen LogP contribution in [0.15, 0.2) is 54.6 Å². The van der Waals surface area contributed by atoms with Crippen molar-refractivity contribution in [1.82, 2.24) is 5.32 Å². The number of benzene rings is 3. The molecule has 5 N–H and O–H groups in total. The summed E-state index contributed by atoms with van der Waals surface area (Å²) in [6, 6.07) is 10.9. The molecule has 2 fully saturated rings. The fourth-order valence-electron chi connectivity index (χ4n) is 5.79. The van der Waals surface area contributed by atoms with Crippen LogP contribution in [0.25, 0.3) is 0 Å². The molecule has 2 aliphatic carbocycles. The Morgan fingerprint density at radius 2 is 1.44 bits per heavy atom. The van der Waals surface area contributed by atoms with E-state index in [1.54, 1.807) is 0 Å². The summed E-state index contributed by atoms with van der Waals surface area (Å²) in [6.45, 7) is 0. The number of hydrogen-bond acceptors (Lipinski definition) is 10. The Morgan fingerprint density at radius 3 is 2.10 bits per heavy atom. The van der Waals surface area contributed by atoms with E-state index < -0.39 is 58.2 Å². The summed E-state index contributed by atoms with van der Waals surface area (Å²) in [4.78, 5) is 51.3. The minimum Gasteiger partial charge on any atom is -0.508 e. The first-order valence-electron chi connectivity index (χ1n) is 12.9. The van der Waals surface area contributed by atoms with Crippen LogP contribution >= 0.6 is 0 Å². The van der Waals surface area contributed by atoms with E-state index in [1.807, 2.05) is 0 Å². The average Bonchev–Trinajstić information content (AvgIpc) is 3.55. The summed E-state index contributed by atoms with van der Waals surface area (Å²) in [6.07, 6.45) is 1.77. The van der Waals surface area contributed by atoms with Crippen LogP contribution in [0.5, 0.6) is 23.0 Å². The second kappa shape index (κ2) is 10.8. The highest BCUT2D eigenvalue weighted by molar-refractivity contribution is 6.18. The predicted octanol–water partition coefficient (Wildman–Crippen LogP) is 3.28. The van der Waals surface area contributed by atoms with E-state index in [2.05, 4.69) is 10.1 Å². The van der Waals surface area contributed by atoms with E-state index in [-0.39, 0.29) is 34.6 Å². The lowest BCUT2D eigenvalue weighted by Crippen LogP contribution is -2.48. The van der Waals surface area contributed by atoms with Gasteiger partial charge in [-0.2, -0.15) is 0 Å². The molecule has 0 radical (unpaired) electrons. The van der Waals surface area contributed by atoms with Crippen molar-refractivity contribution in [2.45, 2.75) is 31.4 Å². The minimum atomic E-state index is -1.07. The zero-order valence-electron chi connectivity index (χ0n) is 21.9. The monoisotopic (exact) mass is 561 g/mol. The molecule has 0 saturated heterocycles. The Labute approximate surface area is 234 Å². The lowest BCUT2D eigenvalue weighted by Gasteiger charge is -2.31. The van der Waals surface area contributed by atoms with Crippen LogP contribution in [-0.4, -0.2) is 63.3 Å². The van der Waals surface area contributed by atoms with Crippen molar-refractivity contribution in [1.29, 1.82) is 0 Å². The van der Waals surface area contributed by atoms with Gasteiger partial charge in [-0.25, -0.2) is 9.59 Å². The van der Waals surface area contributed by atoms with E-state index in [0.29, 0.717) is 5.56 Å². The molecule has 5 rings (SSSR count). The van der Waals surface area contributed by atoms with Crippen LogP contribution in [0.4, 0.5) is 0 Å². The number of methoxy groups -OCH3 is 1. The molecule has 0 spiro atoms. The molecule has 0 aliphatic heterocycles. The number of ether oxygens (including phenoxy) is 2. The minimum absolute atomic E-state index is 0.00918. The van der Waals surface area contributed by atoms with E-state index in [4.69, 9.17) is 4.74 Å². The molecule has 0 aromatic heterocycles. The summed E-state index contributed by atoms with van der Waals surface area (Å²) in [5.74, 6) is -5.22.